The van der Waals surface area contributed by atoms with Crippen molar-refractivity contribution in [3.05, 3.63) is 70.2 Å². The molecular weight excluding hydrogens is 358 g/mol. The summed E-state index contributed by atoms with van der Waals surface area (Å²) in [5.41, 5.74) is 2.92. The second kappa shape index (κ2) is 7.72. The van der Waals surface area contributed by atoms with Crippen LogP contribution in [0.5, 0.6) is 0 Å². The molecule has 1 aromatic carbocycles. The molecule has 0 atom stereocenters. The lowest BCUT2D eigenvalue weighted by Gasteiger charge is -2.09. The van der Waals surface area contributed by atoms with E-state index in [0.29, 0.717) is 27.1 Å². The van der Waals surface area contributed by atoms with E-state index >= 15 is 0 Å². The number of thioether (sulfide) groups is 1. The van der Waals surface area contributed by atoms with Crippen molar-refractivity contribution in [1.82, 2.24) is 10.1 Å². The zero-order valence-corrected chi connectivity index (χ0v) is 15.3. The molecule has 2 heterocycles. The third-order valence-electron chi connectivity index (χ3n) is 3.48. The fourth-order valence-electron chi connectivity index (χ4n) is 2.18. The quantitative estimate of drug-likeness (QED) is 0.645. The standard InChI is InChI=1S/C18H16ClN3O2S/c1-11-5-6-13(9-16(11)19)21-17(23)15-4-3-7-20-18(15)25-10-14-8-12(2)24-22-14/h3-9H,10H2,1-2H3,(H,21,23). The molecule has 0 aliphatic rings. The first-order valence-corrected chi connectivity index (χ1v) is 8.97. The largest absolute Gasteiger partial charge is 0.361 e. The number of rotatable bonds is 5. The first kappa shape index (κ1) is 17.5. The third-order valence-corrected chi connectivity index (χ3v) is 4.93. The van der Waals surface area contributed by atoms with Crippen LogP contribution in [0, 0.1) is 13.8 Å². The smallest absolute Gasteiger partial charge is 0.258 e. The lowest BCUT2D eigenvalue weighted by atomic mass is 10.2. The first-order chi connectivity index (χ1) is 12.0. The van der Waals surface area contributed by atoms with Crippen molar-refractivity contribution in [3.63, 3.8) is 0 Å². The van der Waals surface area contributed by atoms with Gasteiger partial charge in [0.05, 0.1) is 11.3 Å². The van der Waals surface area contributed by atoms with Gasteiger partial charge in [0.2, 0.25) is 0 Å². The van der Waals surface area contributed by atoms with Crippen LogP contribution < -0.4 is 5.32 Å². The van der Waals surface area contributed by atoms with Gasteiger partial charge in [-0.2, -0.15) is 0 Å². The molecule has 25 heavy (non-hydrogen) atoms. The summed E-state index contributed by atoms with van der Waals surface area (Å²) in [7, 11) is 0. The van der Waals surface area contributed by atoms with Crippen LogP contribution in [0.1, 0.15) is 27.4 Å². The van der Waals surface area contributed by atoms with Crippen LogP contribution in [0.25, 0.3) is 0 Å². The summed E-state index contributed by atoms with van der Waals surface area (Å²) in [5.74, 6) is 1.10. The monoisotopic (exact) mass is 373 g/mol. The van der Waals surface area contributed by atoms with Crippen LogP contribution in [0.15, 0.2) is 52.1 Å². The Morgan fingerprint density at radius 1 is 1.28 bits per heavy atom. The number of hydrogen-bond donors (Lipinski definition) is 1. The van der Waals surface area contributed by atoms with Crippen molar-refractivity contribution in [2.75, 3.05) is 5.32 Å². The van der Waals surface area contributed by atoms with Crippen molar-refractivity contribution >= 4 is 35.0 Å². The normalized spacial score (nSPS) is 10.7. The van der Waals surface area contributed by atoms with E-state index in [-0.39, 0.29) is 5.91 Å². The molecule has 0 aliphatic heterocycles. The fraction of sp³-hybridized carbons (Fsp3) is 0.167. The molecular formula is C18H16ClN3O2S. The van der Waals surface area contributed by atoms with Crippen molar-refractivity contribution in [1.29, 1.82) is 0 Å². The second-order valence-electron chi connectivity index (χ2n) is 5.49. The average Bonchev–Trinajstić information content (AvgIpc) is 3.02. The highest BCUT2D eigenvalue weighted by molar-refractivity contribution is 7.98. The lowest BCUT2D eigenvalue weighted by Crippen LogP contribution is -2.13. The first-order valence-electron chi connectivity index (χ1n) is 7.60. The van der Waals surface area contributed by atoms with E-state index in [1.165, 1.54) is 11.8 Å². The topological polar surface area (TPSA) is 68.0 Å². The Balaban J connectivity index is 1.74. The minimum Gasteiger partial charge on any atom is -0.361 e. The number of nitrogens with one attached hydrogen (secondary N) is 1. The van der Waals surface area contributed by atoms with E-state index < -0.39 is 0 Å². The maximum atomic E-state index is 12.6. The van der Waals surface area contributed by atoms with Crippen molar-refractivity contribution in [2.45, 2.75) is 24.6 Å². The Bertz CT molecular complexity index is 911. The summed E-state index contributed by atoms with van der Waals surface area (Å²) >= 11 is 7.55. The summed E-state index contributed by atoms with van der Waals surface area (Å²) in [6, 6.07) is 10.8. The molecule has 3 rings (SSSR count). The summed E-state index contributed by atoms with van der Waals surface area (Å²) in [6.45, 7) is 3.75. The van der Waals surface area contributed by atoms with Crippen LogP contribution in [0.2, 0.25) is 5.02 Å². The Kier molecular flexibility index (Phi) is 5.40. The molecule has 0 unspecified atom stereocenters. The van der Waals surface area contributed by atoms with Crippen molar-refractivity contribution in [2.24, 2.45) is 0 Å². The third kappa shape index (κ3) is 4.41. The van der Waals surface area contributed by atoms with E-state index in [1.807, 2.05) is 32.0 Å². The van der Waals surface area contributed by atoms with E-state index in [2.05, 4.69) is 15.5 Å². The number of aromatic nitrogens is 2. The van der Waals surface area contributed by atoms with Crippen molar-refractivity contribution < 1.29 is 9.32 Å². The predicted molar refractivity (Wildman–Crippen MR) is 99.2 cm³/mol. The molecule has 0 saturated carbocycles. The fourth-order valence-corrected chi connectivity index (χ4v) is 3.23. The van der Waals surface area contributed by atoms with Crippen LogP contribution in [0.4, 0.5) is 5.69 Å². The number of carbonyl (C=O) groups is 1. The summed E-state index contributed by atoms with van der Waals surface area (Å²) in [6.07, 6.45) is 1.66. The number of amides is 1. The molecule has 128 valence electrons. The number of benzene rings is 1. The number of halogens is 1. The average molecular weight is 374 g/mol. The van der Waals surface area contributed by atoms with Gasteiger partial charge in [-0.3, -0.25) is 4.79 Å². The Morgan fingerprint density at radius 2 is 2.12 bits per heavy atom. The number of nitrogens with zero attached hydrogens (tertiary/aromatic N) is 2. The zero-order chi connectivity index (χ0) is 17.8. The number of pyridine rings is 1. The maximum Gasteiger partial charge on any atom is 0.258 e. The lowest BCUT2D eigenvalue weighted by molar-refractivity contribution is 0.102. The Morgan fingerprint density at radius 3 is 2.84 bits per heavy atom. The molecule has 0 aliphatic carbocycles. The van der Waals surface area contributed by atoms with Gasteiger partial charge >= 0.3 is 0 Å². The Hall–Kier alpha value is -2.31. The zero-order valence-electron chi connectivity index (χ0n) is 13.7. The van der Waals surface area contributed by atoms with Gasteiger partial charge in [-0.1, -0.05) is 34.6 Å². The van der Waals surface area contributed by atoms with E-state index in [0.717, 1.165) is 17.0 Å². The highest BCUT2D eigenvalue weighted by Gasteiger charge is 2.14. The Labute approximate surface area is 154 Å². The summed E-state index contributed by atoms with van der Waals surface area (Å²) in [4.78, 5) is 16.9. The number of aryl methyl sites for hydroxylation is 2. The molecule has 0 spiro atoms. The molecule has 0 radical (unpaired) electrons. The van der Waals surface area contributed by atoms with Crippen LogP contribution in [-0.4, -0.2) is 16.0 Å². The molecule has 3 aromatic rings. The van der Waals surface area contributed by atoms with Gasteiger partial charge in [0.1, 0.15) is 10.8 Å². The highest BCUT2D eigenvalue weighted by Crippen LogP contribution is 2.26. The van der Waals surface area contributed by atoms with Gasteiger partial charge in [-0.05, 0) is 43.7 Å². The SMILES string of the molecule is Cc1cc(CSc2ncccc2C(=O)Nc2ccc(C)c(Cl)c2)no1. The minimum absolute atomic E-state index is 0.230. The predicted octanol–water partition coefficient (Wildman–Crippen LogP) is 4.88. The maximum absolute atomic E-state index is 12.6. The number of anilines is 1. The summed E-state index contributed by atoms with van der Waals surface area (Å²) < 4.78 is 5.05. The van der Waals surface area contributed by atoms with Crippen LogP contribution in [-0.2, 0) is 5.75 Å². The van der Waals surface area contributed by atoms with Crippen molar-refractivity contribution in [3.8, 4) is 0 Å². The van der Waals surface area contributed by atoms with Gasteiger partial charge in [-0.25, -0.2) is 4.98 Å². The molecule has 2 aromatic heterocycles. The number of carbonyl (C=O) groups excluding carboxylic acids is 1. The van der Waals surface area contributed by atoms with E-state index in [1.54, 1.807) is 24.4 Å². The van der Waals surface area contributed by atoms with Gasteiger partial charge in [0.25, 0.3) is 5.91 Å². The molecule has 7 heteroatoms. The van der Waals surface area contributed by atoms with E-state index in [9.17, 15) is 4.79 Å². The van der Waals surface area contributed by atoms with Gasteiger partial charge in [0.15, 0.2) is 0 Å². The summed E-state index contributed by atoms with van der Waals surface area (Å²) in [5, 5.41) is 8.06. The van der Waals surface area contributed by atoms with Gasteiger partial charge < -0.3 is 9.84 Å². The van der Waals surface area contributed by atoms with Crippen LogP contribution in [0.3, 0.4) is 0 Å². The highest BCUT2D eigenvalue weighted by atomic mass is 35.5. The molecule has 1 N–H and O–H groups in total. The molecule has 0 bridgehead atoms. The molecule has 0 saturated heterocycles. The number of hydrogen-bond acceptors (Lipinski definition) is 5. The second-order valence-corrected chi connectivity index (χ2v) is 6.86. The molecule has 1 amide bonds. The van der Waals surface area contributed by atoms with E-state index in [4.69, 9.17) is 16.1 Å². The molecule has 0 fully saturated rings. The molecule has 5 nitrogen and oxygen atoms in total. The van der Waals surface area contributed by atoms with Gasteiger partial charge in [0, 0.05) is 28.7 Å². The van der Waals surface area contributed by atoms with Gasteiger partial charge in [-0.15, -0.1) is 0 Å². The van der Waals surface area contributed by atoms with Crippen LogP contribution >= 0.6 is 23.4 Å². The minimum atomic E-state index is -0.230.